The van der Waals surface area contributed by atoms with E-state index in [0.29, 0.717) is 24.5 Å². The Balaban J connectivity index is 1.44. The fourth-order valence-electron chi connectivity index (χ4n) is 4.29. The van der Waals surface area contributed by atoms with E-state index < -0.39 is 11.4 Å². The largest absolute Gasteiger partial charge is 0.481 e. The summed E-state index contributed by atoms with van der Waals surface area (Å²) in [5, 5.41) is 12.5. The summed E-state index contributed by atoms with van der Waals surface area (Å²) < 4.78 is 0. The van der Waals surface area contributed by atoms with Gasteiger partial charge in [-0.15, -0.1) is 0 Å². The Kier molecular flexibility index (Phi) is 4.30. The molecular formula is C20H22N4O3. The predicted octanol–water partition coefficient (Wildman–Crippen LogP) is 3.17. The Morgan fingerprint density at radius 2 is 2.04 bits per heavy atom. The molecule has 1 saturated heterocycles. The first-order chi connectivity index (χ1) is 13.0. The van der Waals surface area contributed by atoms with Crippen LogP contribution in [0.25, 0.3) is 11.4 Å². The van der Waals surface area contributed by atoms with Crippen molar-refractivity contribution in [2.24, 2.45) is 11.3 Å². The zero-order chi connectivity index (χ0) is 19.0. The number of anilines is 1. The Hall–Kier alpha value is -2.96. The van der Waals surface area contributed by atoms with Crippen LogP contribution in [-0.2, 0) is 4.79 Å². The standard InChI is InChI=1S/C20H22N4O3/c1-13-8-10-21-17(22-13)14-4-6-16(7-5-14)23-19(27)24-11-15-3-2-9-20(15,12-24)18(25)26/h4-8,10,15H,2-3,9,11-12H2,1H3,(H,23,27)(H,25,26)/t15-,20+/m0/s1. The van der Waals surface area contributed by atoms with Crippen molar-refractivity contribution in [3.63, 3.8) is 0 Å². The maximum Gasteiger partial charge on any atom is 0.321 e. The summed E-state index contributed by atoms with van der Waals surface area (Å²) in [6, 6.07) is 8.94. The van der Waals surface area contributed by atoms with Gasteiger partial charge in [0.15, 0.2) is 5.82 Å². The second kappa shape index (κ2) is 6.64. The van der Waals surface area contributed by atoms with Crippen LogP contribution in [0, 0.1) is 18.3 Å². The Labute approximate surface area is 157 Å². The predicted molar refractivity (Wildman–Crippen MR) is 100 cm³/mol. The van der Waals surface area contributed by atoms with Gasteiger partial charge in [-0.1, -0.05) is 6.42 Å². The first-order valence-electron chi connectivity index (χ1n) is 9.17. The molecule has 4 rings (SSSR count). The van der Waals surface area contributed by atoms with Gasteiger partial charge in [-0.2, -0.15) is 0 Å². The average molecular weight is 366 g/mol. The topological polar surface area (TPSA) is 95.4 Å². The SMILES string of the molecule is Cc1ccnc(-c2ccc(NC(=O)N3C[C@@H]4CCC[C@@]4(C(=O)O)C3)cc2)n1. The van der Waals surface area contributed by atoms with E-state index in [-0.39, 0.29) is 18.5 Å². The van der Waals surface area contributed by atoms with Gasteiger partial charge in [-0.25, -0.2) is 14.8 Å². The van der Waals surface area contributed by atoms with Gasteiger partial charge < -0.3 is 15.3 Å². The van der Waals surface area contributed by atoms with E-state index in [1.807, 2.05) is 37.3 Å². The first kappa shape index (κ1) is 17.5. The van der Waals surface area contributed by atoms with Crippen molar-refractivity contribution in [3.8, 4) is 11.4 Å². The molecule has 1 saturated carbocycles. The van der Waals surface area contributed by atoms with E-state index in [0.717, 1.165) is 24.1 Å². The molecule has 2 aliphatic rings. The van der Waals surface area contributed by atoms with Crippen LogP contribution in [0.2, 0.25) is 0 Å². The number of likely N-dealkylation sites (tertiary alicyclic amines) is 1. The third-order valence-corrected chi connectivity index (χ3v) is 5.77. The smallest absolute Gasteiger partial charge is 0.321 e. The fourth-order valence-corrected chi connectivity index (χ4v) is 4.29. The van der Waals surface area contributed by atoms with Crippen LogP contribution in [0.5, 0.6) is 0 Å². The molecule has 0 unspecified atom stereocenters. The normalized spacial score (nSPS) is 23.9. The maximum atomic E-state index is 12.6. The van der Waals surface area contributed by atoms with Crippen molar-refractivity contribution < 1.29 is 14.7 Å². The molecule has 0 radical (unpaired) electrons. The van der Waals surface area contributed by atoms with Crippen LogP contribution in [0.15, 0.2) is 36.5 Å². The monoisotopic (exact) mass is 366 g/mol. The van der Waals surface area contributed by atoms with E-state index in [2.05, 4.69) is 15.3 Å². The summed E-state index contributed by atoms with van der Waals surface area (Å²) in [5.74, 6) is -0.0759. The molecule has 2 amide bonds. The Morgan fingerprint density at radius 1 is 1.26 bits per heavy atom. The Morgan fingerprint density at radius 3 is 2.70 bits per heavy atom. The van der Waals surface area contributed by atoms with Crippen LogP contribution in [-0.4, -0.2) is 45.1 Å². The summed E-state index contributed by atoms with van der Waals surface area (Å²) in [6.07, 6.45) is 4.17. The molecule has 0 bridgehead atoms. The zero-order valence-electron chi connectivity index (χ0n) is 15.2. The first-order valence-corrected chi connectivity index (χ1v) is 9.17. The number of carboxylic acids is 1. The lowest BCUT2D eigenvalue weighted by Gasteiger charge is -2.23. The van der Waals surface area contributed by atoms with Crippen LogP contribution in [0.1, 0.15) is 25.0 Å². The number of benzene rings is 1. The van der Waals surface area contributed by atoms with Crippen LogP contribution in [0.3, 0.4) is 0 Å². The molecule has 0 spiro atoms. The number of carboxylic acid groups (broad SMARTS) is 1. The van der Waals surface area contributed by atoms with Gasteiger partial charge >= 0.3 is 12.0 Å². The highest BCUT2D eigenvalue weighted by Gasteiger charge is 2.55. The minimum Gasteiger partial charge on any atom is -0.481 e. The highest BCUT2D eigenvalue weighted by molar-refractivity contribution is 5.91. The van der Waals surface area contributed by atoms with Crippen LogP contribution >= 0.6 is 0 Å². The van der Waals surface area contributed by atoms with Gasteiger partial charge in [0.1, 0.15) is 0 Å². The highest BCUT2D eigenvalue weighted by atomic mass is 16.4. The van der Waals surface area contributed by atoms with Crippen molar-refractivity contribution in [1.82, 2.24) is 14.9 Å². The number of urea groups is 1. The molecule has 1 aliphatic heterocycles. The lowest BCUT2D eigenvalue weighted by atomic mass is 9.81. The number of rotatable bonds is 3. The van der Waals surface area contributed by atoms with Gasteiger partial charge in [0.25, 0.3) is 0 Å². The summed E-state index contributed by atoms with van der Waals surface area (Å²) in [7, 11) is 0. The number of aryl methyl sites for hydroxylation is 1. The molecule has 7 nitrogen and oxygen atoms in total. The van der Waals surface area contributed by atoms with E-state index in [1.54, 1.807) is 11.1 Å². The maximum absolute atomic E-state index is 12.6. The van der Waals surface area contributed by atoms with E-state index in [9.17, 15) is 14.7 Å². The molecule has 7 heteroatoms. The van der Waals surface area contributed by atoms with Crippen molar-refractivity contribution in [3.05, 3.63) is 42.2 Å². The minimum absolute atomic E-state index is 0.0570. The minimum atomic E-state index is -0.775. The van der Waals surface area contributed by atoms with E-state index in [1.165, 1.54) is 0 Å². The van der Waals surface area contributed by atoms with Gasteiger partial charge in [-0.05, 0) is 56.0 Å². The van der Waals surface area contributed by atoms with Crippen molar-refractivity contribution >= 4 is 17.7 Å². The number of hydrogen-bond donors (Lipinski definition) is 2. The second-order valence-electron chi connectivity index (χ2n) is 7.46. The molecule has 140 valence electrons. The van der Waals surface area contributed by atoms with Crippen LogP contribution < -0.4 is 5.32 Å². The number of hydrogen-bond acceptors (Lipinski definition) is 4. The number of aromatic nitrogens is 2. The van der Waals surface area contributed by atoms with E-state index in [4.69, 9.17) is 0 Å². The quantitative estimate of drug-likeness (QED) is 0.870. The van der Waals surface area contributed by atoms with Gasteiger partial charge in [-0.3, -0.25) is 4.79 Å². The molecule has 2 heterocycles. The Bertz CT molecular complexity index is 883. The molecule has 2 fully saturated rings. The summed E-state index contributed by atoms with van der Waals surface area (Å²) in [5.41, 5.74) is 1.67. The van der Waals surface area contributed by atoms with Crippen molar-refractivity contribution in [2.45, 2.75) is 26.2 Å². The van der Waals surface area contributed by atoms with Gasteiger partial charge in [0, 0.05) is 36.2 Å². The number of nitrogens with zero attached hydrogens (tertiary/aromatic N) is 3. The lowest BCUT2D eigenvalue weighted by Crippen LogP contribution is -2.38. The second-order valence-corrected chi connectivity index (χ2v) is 7.46. The number of nitrogens with one attached hydrogen (secondary N) is 1. The van der Waals surface area contributed by atoms with E-state index >= 15 is 0 Å². The number of carbonyl (C=O) groups is 2. The summed E-state index contributed by atoms with van der Waals surface area (Å²) >= 11 is 0. The number of amides is 2. The third-order valence-electron chi connectivity index (χ3n) is 5.77. The molecule has 27 heavy (non-hydrogen) atoms. The molecule has 1 aromatic heterocycles. The lowest BCUT2D eigenvalue weighted by molar-refractivity contribution is -0.149. The summed E-state index contributed by atoms with van der Waals surface area (Å²) in [4.78, 5) is 34.6. The molecule has 2 aromatic rings. The van der Waals surface area contributed by atoms with Crippen molar-refractivity contribution in [2.75, 3.05) is 18.4 Å². The fraction of sp³-hybridized carbons (Fsp3) is 0.400. The molecule has 2 atom stereocenters. The molecular weight excluding hydrogens is 344 g/mol. The number of fused-ring (bicyclic) bond motifs is 1. The highest BCUT2D eigenvalue weighted by Crippen LogP contribution is 2.48. The average Bonchev–Trinajstić information content (AvgIpc) is 3.21. The summed E-state index contributed by atoms with van der Waals surface area (Å²) in [6.45, 7) is 2.70. The van der Waals surface area contributed by atoms with Gasteiger partial charge in [0.05, 0.1) is 5.41 Å². The zero-order valence-corrected chi connectivity index (χ0v) is 15.2. The van der Waals surface area contributed by atoms with Crippen LogP contribution in [0.4, 0.5) is 10.5 Å². The number of aliphatic carboxylic acids is 1. The molecule has 1 aliphatic carbocycles. The molecule has 2 N–H and O–H groups in total. The number of carbonyl (C=O) groups excluding carboxylic acids is 1. The third kappa shape index (κ3) is 3.13. The van der Waals surface area contributed by atoms with Gasteiger partial charge in [0.2, 0.25) is 0 Å². The molecule has 1 aromatic carbocycles. The van der Waals surface area contributed by atoms with Crippen molar-refractivity contribution in [1.29, 1.82) is 0 Å².